The van der Waals surface area contributed by atoms with Crippen LogP contribution in [0.1, 0.15) is 41.0 Å². The first-order chi connectivity index (χ1) is 6.79. The predicted octanol–water partition coefficient (Wildman–Crippen LogP) is 2.76. The van der Waals surface area contributed by atoms with Gasteiger partial charge in [0.25, 0.3) is 5.97 Å². The number of carbonyl (C=O) groups is 1. The van der Waals surface area contributed by atoms with E-state index in [2.05, 4.69) is 0 Å². The van der Waals surface area contributed by atoms with E-state index in [4.69, 9.17) is 9.90 Å². The maximum absolute atomic E-state index is 9.40. The van der Waals surface area contributed by atoms with Gasteiger partial charge in [0.15, 0.2) is 0 Å². The highest BCUT2D eigenvalue weighted by Crippen LogP contribution is 2.06. The molecule has 0 bridgehead atoms. The predicted molar refractivity (Wildman–Crippen MR) is 62.8 cm³/mol. The summed E-state index contributed by atoms with van der Waals surface area (Å²) in [5.41, 5.74) is 2.40. The van der Waals surface area contributed by atoms with Crippen molar-refractivity contribution in [2.45, 2.75) is 47.1 Å². The van der Waals surface area contributed by atoms with Gasteiger partial charge in [0, 0.05) is 6.92 Å². The summed E-state index contributed by atoms with van der Waals surface area (Å²) < 4.78 is 0. The van der Waals surface area contributed by atoms with Crippen LogP contribution >= 0.6 is 0 Å². The number of aliphatic hydroxyl groups excluding tert-OH is 1. The maximum Gasteiger partial charge on any atom is 0.300 e. The summed E-state index contributed by atoms with van der Waals surface area (Å²) in [4.78, 5) is 9.00. The maximum atomic E-state index is 9.40. The highest BCUT2D eigenvalue weighted by atomic mass is 16.4. The number of carboxylic acids is 1. The molecule has 0 aliphatic carbocycles. The lowest BCUT2D eigenvalue weighted by Crippen LogP contribution is -2.02. The van der Waals surface area contributed by atoms with Gasteiger partial charge < -0.3 is 10.2 Å². The highest BCUT2D eigenvalue weighted by Gasteiger charge is 1.99. The molecule has 0 aromatic rings. The van der Waals surface area contributed by atoms with Gasteiger partial charge in [-0.15, -0.1) is 0 Å². The second-order valence-electron chi connectivity index (χ2n) is 3.67. The van der Waals surface area contributed by atoms with Crippen LogP contribution in [0.15, 0.2) is 23.3 Å². The van der Waals surface area contributed by atoms with E-state index < -0.39 is 5.97 Å². The van der Waals surface area contributed by atoms with E-state index in [0.717, 1.165) is 13.3 Å². The third kappa shape index (κ3) is 19.4. The Hall–Kier alpha value is -1.09. The van der Waals surface area contributed by atoms with Crippen molar-refractivity contribution in [1.82, 2.24) is 0 Å². The Morgan fingerprint density at radius 3 is 1.93 bits per heavy atom. The molecule has 0 radical (unpaired) electrons. The molecule has 1 unspecified atom stereocenters. The minimum Gasteiger partial charge on any atom is -0.481 e. The molecule has 3 nitrogen and oxygen atoms in total. The Balaban J connectivity index is 0. The number of aliphatic hydroxyl groups is 1. The zero-order valence-corrected chi connectivity index (χ0v) is 10.2. The first-order valence-corrected chi connectivity index (χ1v) is 4.94. The summed E-state index contributed by atoms with van der Waals surface area (Å²) in [7, 11) is 0. The number of aliphatic carboxylic acids is 1. The Morgan fingerprint density at radius 2 is 1.67 bits per heavy atom. The van der Waals surface area contributed by atoms with Crippen LogP contribution in [0.25, 0.3) is 0 Å². The van der Waals surface area contributed by atoms with Crippen LogP contribution in [0, 0.1) is 0 Å². The molecule has 0 aromatic heterocycles. The number of rotatable bonds is 3. The van der Waals surface area contributed by atoms with E-state index in [-0.39, 0.29) is 6.10 Å². The van der Waals surface area contributed by atoms with Crippen LogP contribution in [-0.2, 0) is 4.79 Å². The molecule has 0 aliphatic rings. The second kappa shape index (κ2) is 9.46. The SMILES string of the molecule is CC(=O)O.CC=C(C)CC(O)C=C(C)C. The molecular formula is C12H22O3. The number of allylic oxidation sites excluding steroid dienone is 2. The first kappa shape index (κ1) is 16.3. The van der Waals surface area contributed by atoms with Crippen molar-refractivity contribution in [2.24, 2.45) is 0 Å². The first-order valence-electron chi connectivity index (χ1n) is 4.94. The average molecular weight is 214 g/mol. The van der Waals surface area contributed by atoms with Crippen molar-refractivity contribution in [2.75, 3.05) is 0 Å². The van der Waals surface area contributed by atoms with Crippen LogP contribution in [0.2, 0.25) is 0 Å². The van der Waals surface area contributed by atoms with Gasteiger partial charge in [0.1, 0.15) is 0 Å². The molecule has 0 saturated heterocycles. The normalized spacial score (nSPS) is 12.3. The van der Waals surface area contributed by atoms with Gasteiger partial charge in [0.05, 0.1) is 6.10 Å². The third-order valence-electron chi connectivity index (χ3n) is 1.55. The van der Waals surface area contributed by atoms with Crippen LogP contribution in [0.3, 0.4) is 0 Å². The van der Waals surface area contributed by atoms with Crippen LogP contribution in [0.4, 0.5) is 0 Å². The van der Waals surface area contributed by atoms with Crippen molar-refractivity contribution in [3.8, 4) is 0 Å². The van der Waals surface area contributed by atoms with Crippen LogP contribution < -0.4 is 0 Å². The Kier molecular flexibility index (Phi) is 10.3. The zero-order valence-electron chi connectivity index (χ0n) is 10.2. The monoisotopic (exact) mass is 214 g/mol. The van der Waals surface area contributed by atoms with Crippen molar-refractivity contribution < 1.29 is 15.0 Å². The van der Waals surface area contributed by atoms with Crippen molar-refractivity contribution >= 4 is 5.97 Å². The number of hydrogen-bond acceptors (Lipinski definition) is 2. The van der Waals surface area contributed by atoms with Gasteiger partial charge in [0.2, 0.25) is 0 Å². The van der Waals surface area contributed by atoms with E-state index in [1.54, 1.807) is 0 Å². The average Bonchev–Trinajstić information content (AvgIpc) is 2.01. The van der Waals surface area contributed by atoms with E-state index in [9.17, 15) is 5.11 Å². The Bertz CT molecular complexity index is 231. The summed E-state index contributed by atoms with van der Waals surface area (Å²) in [6, 6.07) is 0. The summed E-state index contributed by atoms with van der Waals surface area (Å²) in [6.45, 7) is 9.09. The minimum absolute atomic E-state index is 0.309. The molecule has 88 valence electrons. The van der Waals surface area contributed by atoms with Crippen molar-refractivity contribution in [1.29, 1.82) is 0 Å². The summed E-state index contributed by atoms with van der Waals surface area (Å²) >= 11 is 0. The van der Waals surface area contributed by atoms with Gasteiger partial charge in [-0.25, -0.2) is 0 Å². The molecule has 3 heteroatoms. The lowest BCUT2D eigenvalue weighted by Gasteiger charge is -2.05. The third-order valence-corrected chi connectivity index (χ3v) is 1.55. The molecule has 0 amide bonds. The van der Waals surface area contributed by atoms with E-state index in [1.807, 2.05) is 39.8 Å². The Labute approximate surface area is 92.1 Å². The molecule has 2 N–H and O–H groups in total. The van der Waals surface area contributed by atoms with E-state index in [0.29, 0.717) is 0 Å². The molecule has 0 spiro atoms. The van der Waals surface area contributed by atoms with E-state index in [1.165, 1.54) is 11.1 Å². The molecule has 0 aliphatic heterocycles. The lowest BCUT2D eigenvalue weighted by molar-refractivity contribution is -0.134. The van der Waals surface area contributed by atoms with E-state index >= 15 is 0 Å². The fourth-order valence-corrected chi connectivity index (χ4v) is 0.891. The quantitative estimate of drug-likeness (QED) is 0.710. The molecule has 0 saturated carbocycles. The number of hydrogen-bond donors (Lipinski definition) is 2. The van der Waals surface area contributed by atoms with Gasteiger partial charge in [-0.3, -0.25) is 4.79 Å². The lowest BCUT2D eigenvalue weighted by atomic mass is 10.1. The van der Waals surface area contributed by atoms with Gasteiger partial charge >= 0.3 is 0 Å². The van der Waals surface area contributed by atoms with Crippen LogP contribution in [-0.4, -0.2) is 22.3 Å². The van der Waals surface area contributed by atoms with Crippen molar-refractivity contribution in [3.05, 3.63) is 23.3 Å². The molecule has 15 heavy (non-hydrogen) atoms. The van der Waals surface area contributed by atoms with Crippen LogP contribution in [0.5, 0.6) is 0 Å². The standard InChI is InChI=1S/C10H18O.C2H4O2/c1-5-9(4)7-10(11)6-8(2)3;1-2(3)4/h5-6,10-11H,7H2,1-4H3;1H3,(H,3,4). The topological polar surface area (TPSA) is 57.5 Å². The highest BCUT2D eigenvalue weighted by molar-refractivity contribution is 5.62. The molecule has 0 aromatic carbocycles. The molecule has 1 atom stereocenters. The summed E-state index contributed by atoms with van der Waals surface area (Å²) in [5.74, 6) is -0.833. The fraction of sp³-hybridized carbons (Fsp3) is 0.583. The largest absolute Gasteiger partial charge is 0.481 e. The summed E-state index contributed by atoms with van der Waals surface area (Å²) in [6.07, 6.45) is 4.35. The molecule has 0 fully saturated rings. The molecule has 0 heterocycles. The second-order valence-corrected chi connectivity index (χ2v) is 3.67. The molecular weight excluding hydrogens is 192 g/mol. The summed E-state index contributed by atoms with van der Waals surface area (Å²) in [5, 5.41) is 16.8. The smallest absolute Gasteiger partial charge is 0.300 e. The fourth-order valence-electron chi connectivity index (χ4n) is 0.891. The van der Waals surface area contributed by atoms with Gasteiger partial charge in [-0.1, -0.05) is 23.3 Å². The Morgan fingerprint density at radius 1 is 1.27 bits per heavy atom. The van der Waals surface area contributed by atoms with Gasteiger partial charge in [-0.2, -0.15) is 0 Å². The zero-order chi connectivity index (χ0) is 12.4. The van der Waals surface area contributed by atoms with Crippen molar-refractivity contribution in [3.63, 3.8) is 0 Å². The number of carboxylic acid groups (broad SMARTS) is 1. The molecule has 0 rings (SSSR count). The minimum atomic E-state index is -0.833. The van der Waals surface area contributed by atoms with Gasteiger partial charge in [-0.05, 0) is 34.1 Å².